The molecule has 3 aliphatic heterocycles. The molecule has 14 heteroatoms. The van der Waals surface area contributed by atoms with E-state index in [4.69, 9.17) is 21.3 Å². The zero-order valence-electron chi connectivity index (χ0n) is 23.5. The van der Waals surface area contributed by atoms with Crippen LogP contribution in [0.4, 0.5) is 9.18 Å². The molecule has 228 valence electrons. The zero-order valence-corrected chi connectivity index (χ0v) is 25.1. The van der Waals surface area contributed by atoms with Crippen LogP contribution >= 0.6 is 22.9 Å². The molecule has 6 rings (SSSR count). The molecule has 1 aromatic heterocycles. The number of urea groups is 1. The topological polar surface area (TPSA) is 128 Å². The first-order chi connectivity index (χ1) is 20.7. The molecule has 2 saturated heterocycles. The van der Waals surface area contributed by atoms with Gasteiger partial charge in [0.15, 0.2) is 10.8 Å². The van der Waals surface area contributed by atoms with E-state index < -0.39 is 29.7 Å². The first kappa shape index (κ1) is 29.5. The third kappa shape index (κ3) is 5.73. The largest absolute Gasteiger partial charge is 0.481 e. The lowest BCUT2D eigenvalue weighted by Gasteiger charge is -2.38. The number of carboxylic acid groups (broad SMARTS) is 1. The fourth-order valence-electron chi connectivity index (χ4n) is 6.51. The fourth-order valence-corrected chi connectivity index (χ4v) is 7.33. The van der Waals surface area contributed by atoms with Crippen molar-refractivity contribution in [1.82, 2.24) is 25.0 Å². The highest BCUT2D eigenvalue weighted by atomic mass is 35.5. The van der Waals surface area contributed by atoms with Gasteiger partial charge in [-0.2, -0.15) is 0 Å². The number of carbonyl (C=O) groups excluding carboxylic acids is 2. The van der Waals surface area contributed by atoms with Crippen LogP contribution in [-0.2, 0) is 14.3 Å². The second-order valence-electron chi connectivity index (χ2n) is 11.1. The van der Waals surface area contributed by atoms with E-state index in [2.05, 4.69) is 15.2 Å². The number of halogens is 2. The molecule has 3 fully saturated rings. The maximum atomic E-state index is 14.6. The average molecular weight is 631 g/mol. The van der Waals surface area contributed by atoms with E-state index in [1.54, 1.807) is 19.2 Å². The van der Waals surface area contributed by atoms with Crippen LogP contribution < -0.4 is 5.32 Å². The number of nitrogens with one attached hydrogen (secondary N) is 1. The van der Waals surface area contributed by atoms with E-state index >= 15 is 0 Å². The summed E-state index contributed by atoms with van der Waals surface area (Å²) in [7, 11) is 0. The number of hydrogen-bond acceptors (Lipinski definition) is 9. The summed E-state index contributed by atoms with van der Waals surface area (Å²) in [5.41, 5.74) is 1.14. The molecular formula is C29H32ClFN6O5S. The van der Waals surface area contributed by atoms with Gasteiger partial charge in [0.2, 0.25) is 0 Å². The number of amidine groups is 1. The summed E-state index contributed by atoms with van der Waals surface area (Å²) in [4.78, 5) is 53.3. The molecule has 2 N–H and O–H groups in total. The first-order valence-corrected chi connectivity index (χ1v) is 15.6. The van der Waals surface area contributed by atoms with Gasteiger partial charge in [0, 0.05) is 61.6 Å². The van der Waals surface area contributed by atoms with Gasteiger partial charge in [-0.05, 0) is 32.3 Å². The lowest BCUT2D eigenvalue weighted by atomic mass is 9.95. The van der Waals surface area contributed by atoms with E-state index in [9.17, 15) is 23.9 Å². The minimum absolute atomic E-state index is 0.0399. The second-order valence-corrected chi connectivity index (χ2v) is 12.4. The molecule has 0 unspecified atom stereocenters. The molecule has 1 aliphatic carbocycles. The van der Waals surface area contributed by atoms with Gasteiger partial charge in [-0.25, -0.2) is 19.0 Å². The Kier molecular flexibility index (Phi) is 8.38. The number of esters is 1. The summed E-state index contributed by atoms with van der Waals surface area (Å²) in [5, 5.41) is 15.1. The van der Waals surface area contributed by atoms with Gasteiger partial charge < -0.3 is 25.0 Å². The van der Waals surface area contributed by atoms with Crippen LogP contribution in [-0.4, -0.2) is 100 Å². The number of benzene rings is 1. The number of ether oxygens (including phenoxy) is 1. The monoisotopic (exact) mass is 630 g/mol. The highest BCUT2D eigenvalue weighted by Crippen LogP contribution is 2.38. The molecule has 1 aromatic carbocycles. The van der Waals surface area contributed by atoms with E-state index in [0.717, 1.165) is 0 Å². The third-order valence-electron chi connectivity index (χ3n) is 8.57. The Balaban J connectivity index is 1.28. The van der Waals surface area contributed by atoms with Crippen molar-refractivity contribution in [1.29, 1.82) is 0 Å². The normalized spacial score (nSPS) is 25.9. The van der Waals surface area contributed by atoms with Crippen molar-refractivity contribution in [2.75, 3.05) is 39.3 Å². The van der Waals surface area contributed by atoms with Crippen LogP contribution in [0.15, 0.2) is 46.0 Å². The highest BCUT2D eigenvalue weighted by molar-refractivity contribution is 7.11. The summed E-state index contributed by atoms with van der Waals surface area (Å²) in [6, 6.07) is 3.34. The Morgan fingerprint density at radius 2 is 2.05 bits per heavy atom. The van der Waals surface area contributed by atoms with E-state index in [1.807, 2.05) is 15.2 Å². The van der Waals surface area contributed by atoms with E-state index in [1.165, 1.54) is 23.5 Å². The quantitative estimate of drug-likeness (QED) is 0.424. The number of rotatable bonds is 8. The predicted octanol–water partition coefficient (Wildman–Crippen LogP) is 3.52. The maximum Gasteiger partial charge on any atom is 0.338 e. The Morgan fingerprint density at radius 1 is 1.21 bits per heavy atom. The summed E-state index contributed by atoms with van der Waals surface area (Å²) >= 11 is 7.80. The lowest BCUT2D eigenvalue weighted by Crippen LogP contribution is -2.53. The number of aromatic nitrogens is 1. The molecule has 2 aromatic rings. The van der Waals surface area contributed by atoms with Gasteiger partial charge >= 0.3 is 18.0 Å². The minimum atomic E-state index is -0.924. The van der Waals surface area contributed by atoms with Crippen LogP contribution in [0.5, 0.6) is 0 Å². The van der Waals surface area contributed by atoms with Crippen LogP contribution in [0.25, 0.3) is 0 Å². The predicted molar refractivity (Wildman–Crippen MR) is 157 cm³/mol. The van der Waals surface area contributed by atoms with E-state index in [0.29, 0.717) is 74.1 Å². The summed E-state index contributed by atoms with van der Waals surface area (Å²) < 4.78 is 20.1. The molecule has 0 bridgehead atoms. The Labute approximate surface area is 257 Å². The Hall–Kier alpha value is -3.55. The molecule has 4 aliphatic rings. The molecule has 2 amide bonds. The Morgan fingerprint density at radius 3 is 2.77 bits per heavy atom. The number of carbonyl (C=O) groups is 3. The zero-order chi connectivity index (χ0) is 30.2. The lowest BCUT2D eigenvalue weighted by molar-refractivity contribution is -0.141. The fraction of sp³-hybridized carbons (Fsp3) is 0.483. The molecule has 1 saturated carbocycles. The van der Waals surface area contributed by atoms with Crippen molar-refractivity contribution in [3.63, 3.8) is 0 Å². The highest BCUT2D eigenvalue weighted by Gasteiger charge is 2.46. The summed E-state index contributed by atoms with van der Waals surface area (Å²) in [5.74, 6) is -1.96. The van der Waals surface area contributed by atoms with Crippen molar-refractivity contribution in [3.8, 4) is 0 Å². The third-order valence-corrected chi connectivity index (χ3v) is 9.75. The molecule has 4 heterocycles. The molecule has 4 atom stereocenters. The number of hydrogen-bond donors (Lipinski definition) is 2. The average Bonchev–Trinajstić information content (AvgIpc) is 3.75. The molecule has 0 spiro atoms. The van der Waals surface area contributed by atoms with Gasteiger partial charge in [0.05, 0.1) is 29.2 Å². The van der Waals surface area contributed by atoms with Crippen LogP contribution in [0, 0.1) is 11.7 Å². The summed E-state index contributed by atoms with van der Waals surface area (Å²) in [6.07, 6.45) is 3.41. The first-order valence-electron chi connectivity index (χ1n) is 14.4. The SMILES string of the molecule is CCOC(=O)C1=C(CN2CCN3C(=O)N([C@@H]4CC[C@@H](C(=O)O)C4)C[C@@H]3C2)NC(c2nccs2)=N[C@H]1c1cccc(F)c1Cl. The molecule has 0 radical (unpaired) electrons. The molecule has 11 nitrogen and oxygen atoms in total. The van der Waals surface area contributed by atoms with Gasteiger partial charge in [0.25, 0.3) is 0 Å². The summed E-state index contributed by atoms with van der Waals surface area (Å²) in [6.45, 7) is 4.34. The number of carboxylic acids is 1. The number of amides is 2. The van der Waals surface area contributed by atoms with Crippen molar-refractivity contribution >= 4 is 46.7 Å². The molecular weight excluding hydrogens is 599 g/mol. The number of fused-ring (bicyclic) bond motifs is 1. The Bertz CT molecular complexity index is 1490. The maximum absolute atomic E-state index is 14.6. The number of nitrogens with zero attached hydrogens (tertiary/aromatic N) is 5. The van der Waals surface area contributed by atoms with Crippen molar-refractivity contribution in [3.05, 3.63) is 62.5 Å². The minimum Gasteiger partial charge on any atom is -0.481 e. The number of thiazole rings is 1. The van der Waals surface area contributed by atoms with Gasteiger partial charge in [-0.3, -0.25) is 14.7 Å². The molecule has 43 heavy (non-hydrogen) atoms. The number of aliphatic imine (C=N–C) groups is 1. The van der Waals surface area contributed by atoms with Gasteiger partial charge in [-0.1, -0.05) is 23.7 Å². The van der Waals surface area contributed by atoms with Crippen LogP contribution in [0.3, 0.4) is 0 Å². The van der Waals surface area contributed by atoms with Gasteiger partial charge in [-0.15, -0.1) is 11.3 Å². The number of aliphatic carboxylic acids is 1. The van der Waals surface area contributed by atoms with Crippen LogP contribution in [0.2, 0.25) is 5.02 Å². The van der Waals surface area contributed by atoms with Crippen molar-refractivity contribution in [2.45, 2.75) is 44.3 Å². The number of piperazine rings is 1. The van der Waals surface area contributed by atoms with E-state index in [-0.39, 0.29) is 35.3 Å². The standard InChI is InChI=1S/C29H32ClFN6O5S/c1-2-42-28(40)22-21(33-25(26-32-8-11-43-26)34-24(22)19-4-3-5-20(31)23(19)30)15-35-9-10-36-18(13-35)14-37(29(36)41)17-7-6-16(12-17)27(38)39/h3-5,8,11,16-18,24H,2,6-7,9-10,12-15H2,1H3,(H,33,34)(H,38,39)/t16-,17-,18+,24+/m1/s1. The second kappa shape index (κ2) is 12.2. The van der Waals surface area contributed by atoms with Crippen LogP contribution in [0.1, 0.15) is 42.8 Å². The van der Waals surface area contributed by atoms with Gasteiger partial charge in [0.1, 0.15) is 11.9 Å². The smallest absolute Gasteiger partial charge is 0.338 e. The van der Waals surface area contributed by atoms with Crippen molar-refractivity contribution < 1.29 is 28.6 Å². The van der Waals surface area contributed by atoms with Crippen molar-refractivity contribution in [2.24, 2.45) is 10.9 Å².